The molecule has 3 aromatic rings. The second-order valence-electron chi connectivity index (χ2n) is 8.21. The lowest BCUT2D eigenvalue weighted by atomic mass is 9.88. The molecule has 0 unspecified atom stereocenters. The topological polar surface area (TPSA) is 88.4 Å². The zero-order chi connectivity index (χ0) is 21.8. The third-order valence-electron chi connectivity index (χ3n) is 5.80. The fourth-order valence-corrected chi connectivity index (χ4v) is 4.11. The molecule has 0 spiro atoms. The molecule has 1 saturated carbocycles. The van der Waals surface area contributed by atoms with Crippen molar-refractivity contribution in [2.45, 2.75) is 45.4 Å². The predicted molar refractivity (Wildman–Crippen MR) is 121 cm³/mol. The molecule has 1 aliphatic rings. The van der Waals surface area contributed by atoms with Gasteiger partial charge in [0.1, 0.15) is 5.58 Å². The Morgan fingerprint density at radius 3 is 2.39 bits per heavy atom. The van der Waals surface area contributed by atoms with Gasteiger partial charge in [0.05, 0.1) is 6.42 Å². The first kappa shape index (κ1) is 20.8. The average Bonchev–Trinajstić information content (AvgIpc) is 2.75. The fraction of sp³-hybridized carbons (Fsp3) is 0.320. The summed E-state index contributed by atoms with van der Waals surface area (Å²) in [5.41, 5.74) is 3.03. The maximum absolute atomic E-state index is 12.4. The van der Waals surface area contributed by atoms with Gasteiger partial charge in [-0.15, -0.1) is 0 Å². The number of aryl methyl sites for hydroxylation is 1. The molecule has 0 atom stereocenters. The Kier molecular flexibility index (Phi) is 6.16. The van der Waals surface area contributed by atoms with E-state index in [1.54, 1.807) is 12.1 Å². The molecule has 2 amide bonds. The third-order valence-corrected chi connectivity index (χ3v) is 5.80. The molecule has 2 aromatic carbocycles. The molecule has 160 valence electrons. The molecule has 0 bridgehead atoms. The predicted octanol–water partition coefficient (Wildman–Crippen LogP) is 4.80. The minimum Gasteiger partial charge on any atom is -0.423 e. The molecule has 0 radical (unpaired) electrons. The molecule has 0 aliphatic heterocycles. The molecular formula is C25H26N2O4. The van der Waals surface area contributed by atoms with Gasteiger partial charge in [-0.05, 0) is 55.2 Å². The largest absolute Gasteiger partial charge is 0.423 e. The molecule has 4 rings (SSSR count). The molecule has 2 N–H and O–H groups in total. The first-order chi connectivity index (χ1) is 15.0. The van der Waals surface area contributed by atoms with Gasteiger partial charge in [-0.1, -0.05) is 31.4 Å². The van der Waals surface area contributed by atoms with Gasteiger partial charge in [0, 0.05) is 34.8 Å². The molecule has 6 nitrogen and oxygen atoms in total. The van der Waals surface area contributed by atoms with Crippen LogP contribution in [-0.2, 0) is 16.0 Å². The van der Waals surface area contributed by atoms with Gasteiger partial charge >= 0.3 is 5.63 Å². The lowest BCUT2D eigenvalue weighted by Gasteiger charge is -2.20. The number of amides is 2. The molecule has 1 fully saturated rings. The zero-order valence-corrected chi connectivity index (χ0v) is 17.6. The molecule has 1 aromatic heterocycles. The summed E-state index contributed by atoms with van der Waals surface area (Å²) in [6, 6.07) is 14.1. The zero-order valence-electron chi connectivity index (χ0n) is 17.6. The van der Waals surface area contributed by atoms with Gasteiger partial charge in [-0.2, -0.15) is 0 Å². The van der Waals surface area contributed by atoms with Crippen molar-refractivity contribution in [3.8, 4) is 0 Å². The summed E-state index contributed by atoms with van der Waals surface area (Å²) >= 11 is 0. The molecule has 1 aliphatic carbocycles. The molecule has 31 heavy (non-hydrogen) atoms. The van der Waals surface area contributed by atoms with Crippen LogP contribution in [0.25, 0.3) is 11.0 Å². The first-order valence-corrected chi connectivity index (χ1v) is 10.7. The van der Waals surface area contributed by atoms with Crippen molar-refractivity contribution >= 4 is 34.2 Å². The standard InChI is InChI=1S/C25H26N2O4/c1-16-13-24(29)31-22-15-20(11-12-21(16)22)26-23(28)14-17-7-9-19(10-8-17)27-25(30)18-5-3-2-4-6-18/h7-13,15,18H,2-6,14H2,1H3,(H,26,28)(H,27,30). The second-order valence-corrected chi connectivity index (χ2v) is 8.21. The number of hydrogen-bond acceptors (Lipinski definition) is 4. The van der Waals surface area contributed by atoms with E-state index < -0.39 is 5.63 Å². The summed E-state index contributed by atoms with van der Waals surface area (Å²) in [7, 11) is 0. The number of carbonyl (C=O) groups is 2. The van der Waals surface area contributed by atoms with Gasteiger partial charge < -0.3 is 15.1 Å². The number of carbonyl (C=O) groups excluding carboxylic acids is 2. The Hall–Kier alpha value is -3.41. The van der Waals surface area contributed by atoms with Crippen LogP contribution < -0.4 is 16.3 Å². The van der Waals surface area contributed by atoms with E-state index in [2.05, 4.69) is 10.6 Å². The highest BCUT2D eigenvalue weighted by atomic mass is 16.4. The van der Waals surface area contributed by atoms with Crippen molar-refractivity contribution in [3.63, 3.8) is 0 Å². The van der Waals surface area contributed by atoms with E-state index >= 15 is 0 Å². The van der Waals surface area contributed by atoms with Gasteiger partial charge in [0.15, 0.2) is 0 Å². The SMILES string of the molecule is Cc1cc(=O)oc2cc(NC(=O)Cc3ccc(NC(=O)C4CCCCC4)cc3)ccc12. The van der Waals surface area contributed by atoms with Crippen LogP contribution in [-0.4, -0.2) is 11.8 Å². The van der Waals surface area contributed by atoms with Crippen molar-refractivity contribution < 1.29 is 14.0 Å². The molecule has 1 heterocycles. The summed E-state index contributed by atoms with van der Waals surface area (Å²) in [5.74, 6) is 0.0195. The Morgan fingerprint density at radius 1 is 0.935 bits per heavy atom. The number of hydrogen-bond donors (Lipinski definition) is 2. The second kappa shape index (κ2) is 9.16. The van der Waals surface area contributed by atoms with E-state index in [4.69, 9.17) is 4.42 Å². The summed E-state index contributed by atoms with van der Waals surface area (Å²) < 4.78 is 5.23. The van der Waals surface area contributed by atoms with Crippen LogP contribution in [0.5, 0.6) is 0 Å². The van der Waals surface area contributed by atoms with Crippen LogP contribution in [0.2, 0.25) is 0 Å². The minimum atomic E-state index is -0.413. The van der Waals surface area contributed by atoms with Crippen LogP contribution >= 0.6 is 0 Å². The van der Waals surface area contributed by atoms with Crippen molar-refractivity contribution in [2.75, 3.05) is 10.6 Å². The lowest BCUT2D eigenvalue weighted by molar-refractivity contribution is -0.120. The van der Waals surface area contributed by atoms with Crippen molar-refractivity contribution in [3.05, 3.63) is 70.1 Å². The van der Waals surface area contributed by atoms with E-state index in [9.17, 15) is 14.4 Å². The van der Waals surface area contributed by atoms with Gasteiger partial charge in [-0.3, -0.25) is 9.59 Å². The van der Waals surface area contributed by atoms with Crippen molar-refractivity contribution in [1.82, 2.24) is 0 Å². The number of fused-ring (bicyclic) bond motifs is 1. The summed E-state index contributed by atoms with van der Waals surface area (Å²) in [5, 5.41) is 6.66. The molecular weight excluding hydrogens is 392 g/mol. The quantitative estimate of drug-likeness (QED) is 0.583. The summed E-state index contributed by atoms with van der Waals surface area (Å²) in [6.07, 6.45) is 5.58. The first-order valence-electron chi connectivity index (χ1n) is 10.7. The lowest BCUT2D eigenvalue weighted by Crippen LogP contribution is -2.24. The van der Waals surface area contributed by atoms with Crippen LogP contribution in [0, 0.1) is 12.8 Å². The van der Waals surface area contributed by atoms with Gasteiger partial charge in [0.2, 0.25) is 11.8 Å². The maximum Gasteiger partial charge on any atom is 0.336 e. The Labute approximate surface area is 180 Å². The third kappa shape index (κ3) is 5.20. The number of anilines is 2. The number of benzene rings is 2. The summed E-state index contributed by atoms with van der Waals surface area (Å²) in [4.78, 5) is 36.4. The summed E-state index contributed by atoms with van der Waals surface area (Å²) in [6.45, 7) is 1.85. The highest BCUT2D eigenvalue weighted by Crippen LogP contribution is 2.25. The monoisotopic (exact) mass is 418 g/mol. The van der Waals surface area contributed by atoms with Gasteiger partial charge in [-0.25, -0.2) is 4.79 Å². The Bertz CT molecular complexity index is 1160. The van der Waals surface area contributed by atoms with Crippen LogP contribution in [0.1, 0.15) is 43.2 Å². The highest BCUT2D eigenvalue weighted by molar-refractivity contribution is 5.95. The number of rotatable bonds is 5. The van der Waals surface area contributed by atoms with Gasteiger partial charge in [0.25, 0.3) is 0 Å². The van der Waals surface area contributed by atoms with E-state index in [-0.39, 0.29) is 24.2 Å². The van der Waals surface area contributed by atoms with Crippen LogP contribution in [0.15, 0.2) is 57.7 Å². The maximum atomic E-state index is 12.4. The van der Waals surface area contributed by atoms with E-state index in [0.717, 1.165) is 47.9 Å². The van der Waals surface area contributed by atoms with Crippen molar-refractivity contribution in [1.29, 1.82) is 0 Å². The molecule has 0 saturated heterocycles. The highest BCUT2D eigenvalue weighted by Gasteiger charge is 2.21. The smallest absolute Gasteiger partial charge is 0.336 e. The minimum absolute atomic E-state index is 0.0865. The Morgan fingerprint density at radius 2 is 1.65 bits per heavy atom. The normalized spacial score (nSPS) is 14.4. The van der Waals surface area contributed by atoms with Crippen LogP contribution in [0.4, 0.5) is 11.4 Å². The van der Waals surface area contributed by atoms with E-state index in [0.29, 0.717) is 11.3 Å². The van der Waals surface area contributed by atoms with E-state index in [1.807, 2.05) is 37.3 Å². The van der Waals surface area contributed by atoms with E-state index in [1.165, 1.54) is 12.5 Å². The fourth-order valence-electron chi connectivity index (χ4n) is 4.11. The average molecular weight is 418 g/mol. The molecule has 6 heteroatoms. The number of nitrogens with one attached hydrogen (secondary N) is 2. The van der Waals surface area contributed by atoms with Crippen molar-refractivity contribution in [2.24, 2.45) is 5.92 Å². The Balaban J connectivity index is 1.36. The van der Waals surface area contributed by atoms with Crippen LogP contribution in [0.3, 0.4) is 0 Å².